The van der Waals surface area contributed by atoms with Gasteiger partial charge in [0.2, 0.25) is 0 Å². The van der Waals surface area contributed by atoms with Gasteiger partial charge in [-0.25, -0.2) is 17.6 Å². The molecule has 0 N–H and O–H groups in total. The number of carbonyl (C=O) groups excluding carboxylic acids is 1. The molecule has 2 saturated heterocycles. The number of piperidine rings is 1. The first kappa shape index (κ1) is 24.8. The number of ether oxygens (including phenoxy) is 1. The maximum Gasteiger partial charge on any atom is 0.410 e. The van der Waals surface area contributed by atoms with Crippen LogP contribution in [-0.2, 0) is 14.6 Å². The average Bonchev–Trinajstić information content (AvgIpc) is 2.71. The molecule has 9 heteroatoms. The molecule has 180 valence electrons. The predicted molar refractivity (Wildman–Crippen MR) is 123 cm³/mol. The molecule has 0 spiro atoms. The Labute approximate surface area is 191 Å². The van der Waals surface area contributed by atoms with E-state index >= 15 is 0 Å². The summed E-state index contributed by atoms with van der Waals surface area (Å²) in [4.78, 5) is 18.4. The van der Waals surface area contributed by atoms with Crippen LogP contribution in [0.25, 0.3) is 0 Å². The summed E-state index contributed by atoms with van der Waals surface area (Å²) in [6.07, 6.45) is 3.96. The fourth-order valence-electron chi connectivity index (χ4n) is 4.28. The number of hydrogen-bond donors (Lipinski definition) is 0. The van der Waals surface area contributed by atoms with Crippen molar-refractivity contribution in [3.63, 3.8) is 0 Å². The fourth-order valence-corrected chi connectivity index (χ4v) is 4.92. The minimum Gasteiger partial charge on any atom is -0.444 e. The highest BCUT2D eigenvalue weighted by Gasteiger charge is 2.27. The van der Waals surface area contributed by atoms with Crippen LogP contribution in [0.15, 0.2) is 23.1 Å². The van der Waals surface area contributed by atoms with Crippen LogP contribution in [0, 0.1) is 11.7 Å². The molecule has 1 amide bonds. The zero-order valence-corrected chi connectivity index (χ0v) is 20.5. The van der Waals surface area contributed by atoms with Crippen LogP contribution in [0.1, 0.15) is 40.0 Å². The number of carbonyl (C=O) groups is 1. The maximum atomic E-state index is 14.5. The molecule has 1 aromatic carbocycles. The maximum absolute atomic E-state index is 14.5. The van der Waals surface area contributed by atoms with Crippen molar-refractivity contribution in [3.05, 3.63) is 24.0 Å². The van der Waals surface area contributed by atoms with E-state index in [2.05, 4.69) is 4.90 Å². The van der Waals surface area contributed by atoms with Crippen LogP contribution in [0.3, 0.4) is 0 Å². The molecule has 2 aliphatic heterocycles. The van der Waals surface area contributed by atoms with Crippen LogP contribution in [0.4, 0.5) is 14.9 Å². The van der Waals surface area contributed by atoms with Crippen molar-refractivity contribution in [2.24, 2.45) is 5.92 Å². The molecule has 0 atom stereocenters. The molecule has 7 nitrogen and oxygen atoms in total. The van der Waals surface area contributed by atoms with Crippen LogP contribution >= 0.6 is 0 Å². The van der Waals surface area contributed by atoms with Gasteiger partial charge in [0.15, 0.2) is 9.84 Å². The van der Waals surface area contributed by atoms with Gasteiger partial charge < -0.3 is 14.5 Å². The molecule has 3 rings (SSSR count). The predicted octanol–water partition coefficient (Wildman–Crippen LogP) is 3.39. The van der Waals surface area contributed by atoms with E-state index < -0.39 is 21.3 Å². The summed E-state index contributed by atoms with van der Waals surface area (Å²) < 4.78 is 43.2. The van der Waals surface area contributed by atoms with Crippen molar-refractivity contribution in [1.82, 2.24) is 9.80 Å². The van der Waals surface area contributed by atoms with Gasteiger partial charge in [0.1, 0.15) is 11.4 Å². The van der Waals surface area contributed by atoms with Gasteiger partial charge in [0.25, 0.3) is 0 Å². The summed E-state index contributed by atoms with van der Waals surface area (Å²) in [6.45, 7) is 11.3. The monoisotopic (exact) mass is 469 g/mol. The summed E-state index contributed by atoms with van der Waals surface area (Å²) in [7, 11) is -3.41. The van der Waals surface area contributed by atoms with Gasteiger partial charge in [-0.3, -0.25) is 4.90 Å². The third kappa shape index (κ3) is 6.81. The number of benzene rings is 1. The lowest BCUT2D eigenvalue weighted by molar-refractivity contribution is 0.0177. The Morgan fingerprint density at radius 2 is 1.72 bits per heavy atom. The molecule has 0 bridgehead atoms. The number of anilines is 1. The highest BCUT2D eigenvalue weighted by molar-refractivity contribution is 7.90. The van der Waals surface area contributed by atoms with Crippen molar-refractivity contribution in [2.75, 3.05) is 57.0 Å². The lowest BCUT2D eigenvalue weighted by atomic mass is 9.93. The molecule has 32 heavy (non-hydrogen) atoms. The topological polar surface area (TPSA) is 70.2 Å². The standard InChI is InChI=1S/C23H36FN3O4S/c1-23(2,3)31-22(28)27-11-8-18(9-12-27)7-10-25-13-15-26(16-14-25)21-6-5-19(17-20(21)24)32(4,29)30/h5-6,17-18H,7-16H2,1-4H3. The van der Waals surface area contributed by atoms with Crippen LogP contribution in [0.5, 0.6) is 0 Å². The number of halogens is 1. The number of piperazine rings is 1. The van der Waals surface area contributed by atoms with Gasteiger partial charge in [-0.15, -0.1) is 0 Å². The lowest BCUT2D eigenvalue weighted by Gasteiger charge is -2.38. The zero-order chi connectivity index (χ0) is 23.5. The van der Waals surface area contributed by atoms with Gasteiger partial charge in [0.05, 0.1) is 10.6 Å². The van der Waals surface area contributed by atoms with Gasteiger partial charge in [0, 0.05) is 45.5 Å². The van der Waals surface area contributed by atoms with Crippen LogP contribution in [-0.4, -0.2) is 82.0 Å². The van der Waals surface area contributed by atoms with E-state index in [1.807, 2.05) is 30.6 Å². The van der Waals surface area contributed by atoms with Gasteiger partial charge >= 0.3 is 6.09 Å². The second-order valence-corrected chi connectivity index (χ2v) is 11.9. The van der Waals surface area contributed by atoms with E-state index in [1.54, 1.807) is 6.07 Å². The molecular weight excluding hydrogens is 433 g/mol. The number of likely N-dealkylation sites (tertiary alicyclic amines) is 1. The van der Waals surface area contributed by atoms with E-state index in [9.17, 15) is 17.6 Å². The molecular formula is C23H36FN3O4S. The quantitative estimate of drug-likeness (QED) is 0.658. The van der Waals surface area contributed by atoms with Gasteiger partial charge in [-0.2, -0.15) is 0 Å². The van der Waals surface area contributed by atoms with Gasteiger partial charge in [-0.1, -0.05) is 0 Å². The molecule has 2 fully saturated rings. The summed E-state index contributed by atoms with van der Waals surface area (Å²) in [5.41, 5.74) is 0.000857. The molecule has 2 heterocycles. The van der Waals surface area contributed by atoms with Crippen molar-refractivity contribution >= 4 is 21.6 Å². The number of hydrogen-bond acceptors (Lipinski definition) is 6. The fraction of sp³-hybridized carbons (Fsp3) is 0.696. The molecule has 0 aliphatic carbocycles. The van der Waals surface area contributed by atoms with Gasteiger partial charge in [-0.05, 0) is 70.7 Å². The van der Waals surface area contributed by atoms with Crippen molar-refractivity contribution in [1.29, 1.82) is 0 Å². The molecule has 0 unspecified atom stereocenters. The number of amides is 1. The van der Waals surface area contributed by atoms with E-state index in [0.717, 1.165) is 64.3 Å². The first-order valence-corrected chi connectivity index (χ1v) is 13.3. The van der Waals surface area contributed by atoms with E-state index in [1.165, 1.54) is 6.07 Å². The Kier molecular flexibility index (Phi) is 7.70. The second kappa shape index (κ2) is 9.95. The second-order valence-electron chi connectivity index (χ2n) is 9.91. The highest BCUT2D eigenvalue weighted by Crippen LogP contribution is 2.25. The molecule has 2 aliphatic rings. The third-order valence-electron chi connectivity index (χ3n) is 6.18. The Hall–Kier alpha value is -1.87. The zero-order valence-electron chi connectivity index (χ0n) is 19.6. The van der Waals surface area contributed by atoms with Crippen LogP contribution in [0.2, 0.25) is 0 Å². The minimum absolute atomic E-state index is 0.00935. The van der Waals surface area contributed by atoms with E-state index in [-0.39, 0.29) is 11.0 Å². The summed E-state index contributed by atoms with van der Waals surface area (Å²) in [5.74, 6) is 0.117. The molecule has 0 radical (unpaired) electrons. The molecule has 1 aromatic rings. The summed E-state index contributed by atoms with van der Waals surface area (Å²) in [6, 6.07) is 4.16. The van der Waals surface area contributed by atoms with E-state index in [4.69, 9.17) is 4.74 Å². The Morgan fingerprint density at radius 3 is 2.25 bits per heavy atom. The largest absolute Gasteiger partial charge is 0.444 e. The average molecular weight is 470 g/mol. The van der Waals surface area contributed by atoms with Crippen molar-refractivity contribution in [2.45, 2.75) is 50.5 Å². The Balaban J connectivity index is 1.40. The normalized spacial score (nSPS) is 19.3. The van der Waals surface area contributed by atoms with E-state index in [0.29, 0.717) is 24.7 Å². The third-order valence-corrected chi connectivity index (χ3v) is 7.29. The molecule has 0 saturated carbocycles. The minimum atomic E-state index is -3.41. The Bertz CT molecular complexity index is 900. The van der Waals surface area contributed by atoms with Crippen molar-refractivity contribution < 1.29 is 22.3 Å². The Morgan fingerprint density at radius 1 is 1.09 bits per heavy atom. The lowest BCUT2D eigenvalue weighted by Crippen LogP contribution is -2.47. The number of nitrogens with zero attached hydrogens (tertiary/aromatic N) is 3. The highest BCUT2D eigenvalue weighted by atomic mass is 32.2. The summed E-state index contributed by atoms with van der Waals surface area (Å²) in [5, 5.41) is 0. The number of rotatable bonds is 5. The molecule has 0 aromatic heterocycles. The van der Waals surface area contributed by atoms with Crippen molar-refractivity contribution in [3.8, 4) is 0 Å². The number of sulfone groups is 1. The van der Waals surface area contributed by atoms with Crippen LogP contribution < -0.4 is 4.90 Å². The SMILES string of the molecule is CC(C)(C)OC(=O)N1CCC(CCN2CCN(c3ccc(S(C)(=O)=O)cc3F)CC2)CC1. The first-order valence-electron chi connectivity index (χ1n) is 11.4. The summed E-state index contributed by atoms with van der Waals surface area (Å²) >= 11 is 0. The smallest absolute Gasteiger partial charge is 0.410 e. The first-order chi connectivity index (χ1) is 14.9.